The number of hydrogen-bond acceptors (Lipinski definition) is 2. The fourth-order valence-corrected chi connectivity index (χ4v) is 1.34. The molecule has 13 heavy (non-hydrogen) atoms. The molecule has 0 aromatic rings. The molecule has 1 unspecified atom stereocenters. The molecular formula is C11H25NO. The number of unbranched alkanes of at least 4 members (excludes halogenated alkanes) is 2. The minimum absolute atomic E-state index is 0.548. The Bertz CT molecular complexity index is 96.1. The third kappa shape index (κ3) is 8.26. The summed E-state index contributed by atoms with van der Waals surface area (Å²) < 4.78 is 5.58. The Kier molecular flexibility index (Phi) is 9.94. The lowest BCUT2D eigenvalue weighted by Gasteiger charge is -2.15. The van der Waals surface area contributed by atoms with Crippen molar-refractivity contribution in [2.24, 2.45) is 0 Å². The van der Waals surface area contributed by atoms with E-state index in [0.29, 0.717) is 6.04 Å². The van der Waals surface area contributed by atoms with Gasteiger partial charge in [0.15, 0.2) is 0 Å². The van der Waals surface area contributed by atoms with Crippen molar-refractivity contribution in [2.75, 3.05) is 20.3 Å². The van der Waals surface area contributed by atoms with Crippen LogP contribution in [0, 0.1) is 0 Å². The third-order valence-electron chi connectivity index (χ3n) is 2.26. The Morgan fingerprint density at radius 2 is 1.92 bits per heavy atom. The Labute approximate surface area is 83.1 Å². The van der Waals surface area contributed by atoms with Gasteiger partial charge in [0, 0.05) is 12.6 Å². The van der Waals surface area contributed by atoms with Crippen LogP contribution in [0.15, 0.2) is 0 Å². The normalized spacial score (nSPS) is 13.2. The average Bonchev–Trinajstić information content (AvgIpc) is 2.16. The van der Waals surface area contributed by atoms with Gasteiger partial charge in [-0.2, -0.15) is 0 Å². The van der Waals surface area contributed by atoms with Gasteiger partial charge in [-0.15, -0.1) is 0 Å². The van der Waals surface area contributed by atoms with Gasteiger partial charge in [0.25, 0.3) is 0 Å². The van der Waals surface area contributed by atoms with Crippen LogP contribution in [-0.2, 0) is 4.74 Å². The second kappa shape index (κ2) is 10.0. The zero-order valence-electron chi connectivity index (χ0n) is 9.44. The molecule has 0 aliphatic heterocycles. The van der Waals surface area contributed by atoms with E-state index in [2.05, 4.69) is 19.2 Å². The van der Waals surface area contributed by atoms with E-state index in [1.54, 1.807) is 0 Å². The van der Waals surface area contributed by atoms with Crippen molar-refractivity contribution in [3.05, 3.63) is 0 Å². The summed E-state index contributed by atoms with van der Waals surface area (Å²) in [6.07, 6.45) is 6.21. The fourth-order valence-electron chi connectivity index (χ4n) is 1.34. The Morgan fingerprint density at radius 3 is 2.46 bits per heavy atom. The van der Waals surface area contributed by atoms with Gasteiger partial charge in [-0.3, -0.25) is 0 Å². The highest BCUT2D eigenvalue weighted by Crippen LogP contribution is 1.99. The van der Waals surface area contributed by atoms with Gasteiger partial charge in [0.2, 0.25) is 0 Å². The van der Waals surface area contributed by atoms with Crippen molar-refractivity contribution in [3.63, 3.8) is 0 Å². The van der Waals surface area contributed by atoms with Gasteiger partial charge < -0.3 is 10.1 Å². The van der Waals surface area contributed by atoms with Crippen LogP contribution in [0.5, 0.6) is 0 Å². The monoisotopic (exact) mass is 187 g/mol. The summed E-state index contributed by atoms with van der Waals surface area (Å²) in [5, 5.41) is 3.27. The number of ether oxygens (including phenoxy) is 1. The lowest BCUT2D eigenvalue weighted by atomic mass is 10.2. The first-order valence-corrected chi connectivity index (χ1v) is 5.60. The second-order valence-electron chi connectivity index (χ2n) is 3.56. The van der Waals surface area contributed by atoms with Crippen LogP contribution in [0.1, 0.15) is 46.0 Å². The number of nitrogens with one attached hydrogen (secondary N) is 1. The van der Waals surface area contributed by atoms with Crippen molar-refractivity contribution < 1.29 is 4.74 Å². The molecule has 0 aliphatic rings. The smallest absolute Gasteiger partial charge is 0.0619 e. The van der Waals surface area contributed by atoms with E-state index in [-0.39, 0.29) is 0 Å². The van der Waals surface area contributed by atoms with Crippen LogP contribution >= 0.6 is 0 Å². The molecule has 0 saturated carbocycles. The van der Waals surface area contributed by atoms with E-state index in [9.17, 15) is 0 Å². The van der Waals surface area contributed by atoms with Crippen molar-refractivity contribution in [1.29, 1.82) is 0 Å². The highest BCUT2D eigenvalue weighted by atomic mass is 16.5. The molecule has 0 radical (unpaired) electrons. The average molecular weight is 187 g/mol. The molecule has 0 aromatic heterocycles. The molecule has 0 aliphatic carbocycles. The minimum atomic E-state index is 0.548. The summed E-state index contributed by atoms with van der Waals surface area (Å²) in [4.78, 5) is 0. The Hall–Kier alpha value is -0.0800. The highest BCUT2D eigenvalue weighted by molar-refractivity contribution is 4.61. The molecule has 2 heteroatoms. The predicted octanol–water partition coefficient (Wildman–Crippen LogP) is 2.58. The maximum atomic E-state index is 5.58. The maximum Gasteiger partial charge on any atom is 0.0619 e. The first-order valence-electron chi connectivity index (χ1n) is 5.60. The lowest BCUT2D eigenvalue weighted by Crippen LogP contribution is -2.30. The molecule has 0 heterocycles. The van der Waals surface area contributed by atoms with Gasteiger partial charge in [-0.25, -0.2) is 0 Å². The van der Waals surface area contributed by atoms with Crippen LogP contribution in [0.3, 0.4) is 0 Å². The molecular weight excluding hydrogens is 162 g/mol. The van der Waals surface area contributed by atoms with Crippen LogP contribution in [0.4, 0.5) is 0 Å². The first kappa shape index (κ1) is 12.9. The van der Waals surface area contributed by atoms with Gasteiger partial charge in [-0.1, -0.05) is 33.1 Å². The first-order chi connectivity index (χ1) is 6.35. The molecule has 1 N–H and O–H groups in total. The lowest BCUT2D eigenvalue weighted by molar-refractivity contribution is 0.107. The molecule has 0 rings (SSSR count). The summed E-state index contributed by atoms with van der Waals surface area (Å²) >= 11 is 0. The van der Waals surface area contributed by atoms with E-state index >= 15 is 0 Å². The molecule has 0 spiro atoms. The molecule has 80 valence electrons. The van der Waals surface area contributed by atoms with E-state index in [0.717, 1.165) is 13.2 Å². The van der Waals surface area contributed by atoms with Crippen molar-refractivity contribution in [2.45, 2.75) is 52.0 Å². The summed E-state index contributed by atoms with van der Waals surface area (Å²) in [6.45, 7) is 6.22. The van der Waals surface area contributed by atoms with Gasteiger partial charge in [-0.05, 0) is 19.9 Å². The van der Waals surface area contributed by atoms with Crippen molar-refractivity contribution >= 4 is 0 Å². The quantitative estimate of drug-likeness (QED) is 0.560. The predicted molar refractivity (Wildman–Crippen MR) is 58.1 cm³/mol. The molecule has 1 atom stereocenters. The Morgan fingerprint density at radius 1 is 1.15 bits per heavy atom. The van der Waals surface area contributed by atoms with Crippen molar-refractivity contribution in [3.8, 4) is 0 Å². The van der Waals surface area contributed by atoms with E-state index < -0.39 is 0 Å². The summed E-state index contributed by atoms with van der Waals surface area (Å²) in [5.41, 5.74) is 0. The highest BCUT2D eigenvalue weighted by Gasteiger charge is 2.03. The van der Waals surface area contributed by atoms with Gasteiger partial charge in [0.1, 0.15) is 0 Å². The van der Waals surface area contributed by atoms with E-state index in [1.807, 2.05) is 7.05 Å². The van der Waals surface area contributed by atoms with Crippen molar-refractivity contribution in [1.82, 2.24) is 5.32 Å². The summed E-state index contributed by atoms with van der Waals surface area (Å²) in [5.74, 6) is 0. The van der Waals surface area contributed by atoms with Crippen LogP contribution in [0.25, 0.3) is 0 Å². The third-order valence-corrected chi connectivity index (χ3v) is 2.26. The molecule has 0 bridgehead atoms. The van der Waals surface area contributed by atoms with Crippen LogP contribution in [-0.4, -0.2) is 26.3 Å². The molecule has 0 fully saturated rings. The Balaban J connectivity index is 3.17. The van der Waals surface area contributed by atoms with Crippen LogP contribution in [0.2, 0.25) is 0 Å². The number of rotatable bonds is 9. The van der Waals surface area contributed by atoms with Gasteiger partial charge in [0.05, 0.1) is 6.61 Å². The molecule has 0 saturated heterocycles. The van der Waals surface area contributed by atoms with E-state index in [1.165, 1.54) is 32.1 Å². The summed E-state index contributed by atoms with van der Waals surface area (Å²) in [6, 6.07) is 0.548. The topological polar surface area (TPSA) is 21.3 Å². The number of hydrogen-bond donors (Lipinski definition) is 1. The molecule has 0 aromatic carbocycles. The van der Waals surface area contributed by atoms with E-state index in [4.69, 9.17) is 4.74 Å². The minimum Gasteiger partial charge on any atom is -0.380 e. The zero-order chi connectivity index (χ0) is 9.94. The molecule has 0 amide bonds. The van der Waals surface area contributed by atoms with Crippen LogP contribution < -0.4 is 5.32 Å². The standard InChI is InChI=1S/C11H25NO/c1-4-6-7-9-13-10-11(12-3)8-5-2/h11-12H,4-10H2,1-3H3. The zero-order valence-corrected chi connectivity index (χ0v) is 9.44. The SMILES string of the molecule is CCCCCOCC(CCC)NC. The van der Waals surface area contributed by atoms with Gasteiger partial charge >= 0.3 is 0 Å². The largest absolute Gasteiger partial charge is 0.380 e. The maximum absolute atomic E-state index is 5.58. The second-order valence-corrected chi connectivity index (χ2v) is 3.56. The molecule has 2 nitrogen and oxygen atoms in total. The fraction of sp³-hybridized carbons (Fsp3) is 1.00. The summed E-state index contributed by atoms with van der Waals surface area (Å²) in [7, 11) is 2.01. The number of likely N-dealkylation sites (N-methyl/N-ethyl adjacent to an activating group) is 1.